The number of hydrogen-bond donors (Lipinski definition) is 1. The second-order valence-electron chi connectivity index (χ2n) is 8.77. The lowest BCUT2D eigenvalue weighted by atomic mass is 9.95. The summed E-state index contributed by atoms with van der Waals surface area (Å²) in [6, 6.07) is 19.1. The first-order chi connectivity index (χ1) is 16.9. The number of ether oxygens (including phenoxy) is 1. The summed E-state index contributed by atoms with van der Waals surface area (Å²) in [4.78, 5) is 6.80. The fourth-order valence-corrected chi connectivity index (χ4v) is 4.53. The number of halogens is 4. The summed E-state index contributed by atoms with van der Waals surface area (Å²) in [6.07, 6.45) is -0.585. The third-order valence-electron chi connectivity index (χ3n) is 6.36. The minimum Gasteiger partial charge on any atom is -0.492 e. The molecule has 1 N–H and O–H groups in total. The maximum Gasteiger partial charge on any atom is 0.419 e. The second kappa shape index (κ2) is 11.9. The minimum atomic E-state index is -4.42. The summed E-state index contributed by atoms with van der Waals surface area (Å²) >= 11 is 6.07. The standard InChI is InChI=1S/C27H29ClF3N3O/c28-22-10-8-21(9-11-22)26(24-6-3-4-14-32-24)33-19-20-12-15-34(16-13-20)17-18-35-25-7-2-1-5-23(25)27(29,30)31/h1-11,14,20,26,33H,12-13,15-19H2/t26-/m0/s1. The van der Waals surface area contributed by atoms with E-state index in [9.17, 15) is 13.2 Å². The van der Waals surface area contributed by atoms with Gasteiger partial charge in [0.1, 0.15) is 12.4 Å². The van der Waals surface area contributed by atoms with E-state index in [0.29, 0.717) is 17.5 Å². The Hall–Kier alpha value is -2.61. The van der Waals surface area contributed by atoms with Crippen LogP contribution in [-0.2, 0) is 6.18 Å². The lowest BCUT2D eigenvalue weighted by molar-refractivity contribution is -0.139. The molecular formula is C27H29ClF3N3O. The molecule has 0 spiro atoms. The van der Waals surface area contributed by atoms with E-state index in [-0.39, 0.29) is 18.4 Å². The van der Waals surface area contributed by atoms with Gasteiger partial charge >= 0.3 is 6.18 Å². The molecule has 1 aliphatic heterocycles. The van der Waals surface area contributed by atoms with Gasteiger partial charge in [0.15, 0.2) is 0 Å². The fourth-order valence-electron chi connectivity index (χ4n) is 4.41. The van der Waals surface area contributed by atoms with Crippen LogP contribution in [0.5, 0.6) is 5.75 Å². The number of nitrogens with one attached hydrogen (secondary N) is 1. The molecule has 1 atom stereocenters. The van der Waals surface area contributed by atoms with Crippen LogP contribution in [0, 0.1) is 5.92 Å². The number of pyridine rings is 1. The lowest BCUT2D eigenvalue weighted by Gasteiger charge is -2.33. The molecule has 1 aliphatic rings. The summed E-state index contributed by atoms with van der Waals surface area (Å²) in [7, 11) is 0. The zero-order chi connectivity index (χ0) is 24.7. The zero-order valence-corrected chi connectivity index (χ0v) is 20.1. The second-order valence-corrected chi connectivity index (χ2v) is 9.21. The predicted octanol–water partition coefficient (Wildman–Crippen LogP) is 6.22. The van der Waals surface area contributed by atoms with Gasteiger partial charge in [-0.15, -0.1) is 0 Å². The van der Waals surface area contributed by atoms with Crippen LogP contribution in [-0.4, -0.2) is 42.7 Å². The Kier molecular flexibility index (Phi) is 8.65. The Bertz CT molecular complexity index is 1060. The average molecular weight is 504 g/mol. The molecule has 2 aromatic carbocycles. The first-order valence-electron chi connectivity index (χ1n) is 11.8. The maximum atomic E-state index is 13.1. The van der Waals surface area contributed by atoms with Crippen LogP contribution >= 0.6 is 11.6 Å². The number of rotatable bonds is 9. The van der Waals surface area contributed by atoms with Crippen molar-refractivity contribution < 1.29 is 17.9 Å². The lowest BCUT2D eigenvalue weighted by Crippen LogP contribution is -2.40. The van der Waals surface area contributed by atoms with Crippen molar-refractivity contribution >= 4 is 11.6 Å². The highest BCUT2D eigenvalue weighted by molar-refractivity contribution is 6.30. The molecule has 35 heavy (non-hydrogen) atoms. The van der Waals surface area contributed by atoms with Crippen LogP contribution in [0.25, 0.3) is 0 Å². The van der Waals surface area contributed by atoms with Crippen LogP contribution in [0.1, 0.15) is 35.7 Å². The van der Waals surface area contributed by atoms with Gasteiger partial charge in [0.25, 0.3) is 0 Å². The summed E-state index contributed by atoms with van der Waals surface area (Å²) in [5, 5.41) is 4.39. The van der Waals surface area contributed by atoms with E-state index < -0.39 is 11.7 Å². The van der Waals surface area contributed by atoms with Crippen molar-refractivity contribution in [3.63, 3.8) is 0 Å². The van der Waals surface area contributed by atoms with Crippen molar-refractivity contribution in [2.24, 2.45) is 5.92 Å². The highest BCUT2D eigenvalue weighted by Gasteiger charge is 2.34. The molecule has 0 radical (unpaired) electrons. The van der Waals surface area contributed by atoms with Gasteiger partial charge in [0.05, 0.1) is 17.3 Å². The molecule has 0 unspecified atom stereocenters. The van der Waals surface area contributed by atoms with Gasteiger partial charge in [-0.25, -0.2) is 0 Å². The van der Waals surface area contributed by atoms with Gasteiger partial charge in [-0.3, -0.25) is 9.88 Å². The number of hydrogen-bond acceptors (Lipinski definition) is 4. The summed E-state index contributed by atoms with van der Waals surface area (Å²) in [5.74, 6) is 0.401. The van der Waals surface area contributed by atoms with Crippen LogP contribution in [0.4, 0.5) is 13.2 Å². The maximum absolute atomic E-state index is 13.1. The quantitative estimate of drug-likeness (QED) is 0.376. The van der Waals surface area contributed by atoms with Crippen molar-refractivity contribution in [1.29, 1.82) is 0 Å². The predicted molar refractivity (Wildman–Crippen MR) is 132 cm³/mol. The van der Waals surface area contributed by atoms with Gasteiger partial charge in [-0.05, 0) is 80.4 Å². The van der Waals surface area contributed by atoms with E-state index in [2.05, 4.69) is 15.2 Å². The van der Waals surface area contributed by atoms with Gasteiger partial charge in [-0.1, -0.05) is 41.9 Å². The molecule has 1 saturated heterocycles. The Morgan fingerprint density at radius 3 is 2.40 bits per heavy atom. The monoisotopic (exact) mass is 503 g/mol. The Labute approximate surface area is 209 Å². The smallest absolute Gasteiger partial charge is 0.419 e. The Morgan fingerprint density at radius 1 is 1.00 bits per heavy atom. The van der Waals surface area contributed by atoms with Crippen molar-refractivity contribution in [2.45, 2.75) is 25.1 Å². The van der Waals surface area contributed by atoms with E-state index in [1.54, 1.807) is 12.3 Å². The van der Waals surface area contributed by atoms with Gasteiger partial charge in [-0.2, -0.15) is 13.2 Å². The van der Waals surface area contributed by atoms with Crippen molar-refractivity contribution in [1.82, 2.24) is 15.2 Å². The molecule has 1 aromatic heterocycles. The number of para-hydroxylation sites is 1. The molecule has 0 amide bonds. The highest BCUT2D eigenvalue weighted by Crippen LogP contribution is 2.35. The molecule has 0 aliphatic carbocycles. The molecule has 0 saturated carbocycles. The molecule has 3 aromatic rings. The molecular weight excluding hydrogens is 475 g/mol. The first-order valence-corrected chi connectivity index (χ1v) is 12.2. The first kappa shape index (κ1) is 25.5. The van der Waals surface area contributed by atoms with E-state index in [0.717, 1.165) is 49.8 Å². The van der Waals surface area contributed by atoms with Crippen LogP contribution in [0.3, 0.4) is 0 Å². The van der Waals surface area contributed by atoms with Gasteiger partial charge in [0, 0.05) is 17.8 Å². The SMILES string of the molecule is FC(F)(F)c1ccccc1OCCN1CCC(CN[C@@H](c2ccc(Cl)cc2)c2ccccn2)CC1. The number of benzene rings is 2. The third-order valence-corrected chi connectivity index (χ3v) is 6.61. The Balaban J connectivity index is 1.25. The third kappa shape index (κ3) is 7.19. The van der Waals surface area contributed by atoms with Crippen LogP contribution in [0.15, 0.2) is 72.9 Å². The largest absolute Gasteiger partial charge is 0.492 e. The van der Waals surface area contributed by atoms with Crippen LogP contribution in [0.2, 0.25) is 5.02 Å². The number of alkyl halides is 3. The van der Waals surface area contributed by atoms with Crippen LogP contribution < -0.4 is 10.1 Å². The van der Waals surface area contributed by atoms with E-state index in [4.69, 9.17) is 16.3 Å². The average Bonchev–Trinajstić information content (AvgIpc) is 2.86. The Morgan fingerprint density at radius 2 is 1.71 bits per heavy atom. The van der Waals surface area contributed by atoms with Gasteiger partial charge in [0.2, 0.25) is 0 Å². The fraction of sp³-hybridized carbons (Fsp3) is 0.370. The molecule has 8 heteroatoms. The molecule has 186 valence electrons. The molecule has 2 heterocycles. The molecule has 1 fully saturated rings. The van der Waals surface area contributed by atoms with E-state index in [1.165, 1.54) is 12.1 Å². The molecule has 0 bridgehead atoms. The zero-order valence-electron chi connectivity index (χ0n) is 19.3. The van der Waals surface area contributed by atoms with Crippen molar-refractivity contribution in [3.8, 4) is 5.75 Å². The topological polar surface area (TPSA) is 37.4 Å². The van der Waals surface area contributed by atoms with Crippen molar-refractivity contribution in [2.75, 3.05) is 32.8 Å². The van der Waals surface area contributed by atoms with Gasteiger partial charge < -0.3 is 10.1 Å². The number of aromatic nitrogens is 1. The molecule has 4 nitrogen and oxygen atoms in total. The normalized spacial score (nSPS) is 16.2. The van der Waals surface area contributed by atoms with E-state index >= 15 is 0 Å². The summed E-state index contributed by atoms with van der Waals surface area (Å²) in [5.41, 5.74) is 1.35. The number of nitrogens with zero attached hydrogens (tertiary/aromatic N) is 2. The summed E-state index contributed by atoms with van der Waals surface area (Å²) in [6.45, 7) is 3.48. The highest BCUT2D eigenvalue weighted by atomic mass is 35.5. The number of piperidine rings is 1. The minimum absolute atomic E-state index is 0.0198. The number of likely N-dealkylation sites (tertiary alicyclic amines) is 1. The van der Waals surface area contributed by atoms with E-state index in [1.807, 2.05) is 42.5 Å². The molecule has 4 rings (SSSR count). The van der Waals surface area contributed by atoms with Crippen molar-refractivity contribution in [3.05, 3.63) is 94.8 Å². The summed E-state index contributed by atoms with van der Waals surface area (Å²) < 4.78 is 44.9.